The largest absolute Gasteiger partial charge is 0.315 e. The predicted octanol–water partition coefficient (Wildman–Crippen LogP) is 3.83. The number of carbonyl (C=O) groups is 2. The highest BCUT2D eigenvalue weighted by Gasteiger charge is 2.24. The lowest BCUT2D eigenvalue weighted by atomic mass is 9.89. The Morgan fingerprint density at radius 1 is 1.45 bits per heavy atom. The molecule has 2 unspecified atom stereocenters. The van der Waals surface area contributed by atoms with Gasteiger partial charge in [-0.15, -0.1) is 11.8 Å². The van der Waals surface area contributed by atoms with Crippen LogP contribution in [0.3, 0.4) is 0 Å². The van der Waals surface area contributed by atoms with Crippen molar-refractivity contribution in [2.75, 3.05) is 12.8 Å². The maximum absolute atomic E-state index is 12.6. The van der Waals surface area contributed by atoms with Crippen molar-refractivity contribution in [1.29, 1.82) is 0 Å². The second-order valence-corrected chi connectivity index (χ2v) is 7.69. The molecule has 0 N–H and O–H groups in total. The van der Waals surface area contributed by atoms with Crippen molar-refractivity contribution < 1.29 is 9.59 Å². The number of carbonyl (C=O) groups excluding carboxylic acids is 2. The van der Waals surface area contributed by atoms with Crippen LogP contribution in [0.25, 0.3) is 0 Å². The van der Waals surface area contributed by atoms with Gasteiger partial charge in [0.05, 0.1) is 5.25 Å². The summed E-state index contributed by atoms with van der Waals surface area (Å²) in [4.78, 5) is 25.1. The molecule has 0 aromatic carbocycles. The van der Waals surface area contributed by atoms with Gasteiger partial charge in [0.15, 0.2) is 0 Å². The molecule has 4 heteroatoms. The molecule has 3 nitrogen and oxygen atoms in total. The van der Waals surface area contributed by atoms with Gasteiger partial charge in [-0.1, -0.05) is 52.0 Å². The lowest BCUT2D eigenvalue weighted by Crippen LogP contribution is -2.34. The normalized spacial score (nSPS) is 26.8. The van der Waals surface area contributed by atoms with E-state index in [9.17, 15) is 9.59 Å². The highest BCUT2D eigenvalue weighted by atomic mass is 32.2. The van der Waals surface area contributed by atoms with Crippen LogP contribution in [0.1, 0.15) is 34.1 Å². The number of likely N-dealkylation sites (N-methyl/N-ethyl adjacent to an activating group) is 1. The minimum Gasteiger partial charge on any atom is -0.315 e. The van der Waals surface area contributed by atoms with Crippen molar-refractivity contribution >= 4 is 24.0 Å². The zero-order chi connectivity index (χ0) is 16.8. The van der Waals surface area contributed by atoms with Crippen LogP contribution in [0.5, 0.6) is 0 Å². The Kier molecular flexibility index (Phi) is 7.14. The summed E-state index contributed by atoms with van der Waals surface area (Å²) in [6.45, 7) is 8.38. The van der Waals surface area contributed by atoms with Crippen LogP contribution in [0, 0.1) is 11.3 Å². The minimum atomic E-state index is -0.300. The molecular weight excluding hydrogens is 294 g/mol. The fraction of sp³-hybridized carbons (Fsp3) is 0.556. The molecule has 0 radical (unpaired) electrons. The van der Waals surface area contributed by atoms with Crippen LogP contribution in [0.15, 0.2) is 36.1 Å². The van der Waals surface area contributed by atoms with E-state index < -0.39 is 0 Å². The molecule has 0 aromatic rings. The summed E-state index contributed by atoms with van der Waals surface area (Å²) < 4.78 is 0. The lowest BCUT2D eigenvalue weighted by molar-refractivity contribution is -0.128. The summed E-state index contributed by atoms with van der Waals surface area (Å²) in [5, 5.41) is -0.300. The second kappa shape index (κ2) is 8.37. The summed E-state index contributed by atoms with van der Waals surface area (Å²) >= 11 is 1.52. The van der Waals surface area contributed by atoms with Gasteiger partial charge >= 0.3 is 0 Å². The van der Waals surface area contributed by atoms with Gasteiger partial charge < -0.3 is 9.69 Å². The molecule has 1 amide bonds. The topological polar surface area (TPSA) is 37.4 Å². The zero-order valence-corrected chi connectivity index (χ0v) is 15.0. The minimum absolute atomic E-state index is 0.00981. The third-order valence-corrected chi connectivity index (χ3v) is 4.75. The number of aldehydes is 1. The van der Waals surface area contributed by atoms with E-state index >= 15 is 0 Å². The Labute approximate surface area is 138 Å². The Morgan fingerprint density at radius 2 is 2.14 bits per heavy atom. The summed E-state index contributed by atoms with van der Waals surface area (Å²) in [5.41, 5.74) is 0.861. The molecule has 1 rings (SSSR count). The molecule has 0 saturated heterocycles. The molecule has 22 heavy (non-hydrogen) atoms. The number of thioether (sulfide) groups is 1. The fourth-order valence-corrected chi connectivity index (χ4v) is 3.15. The van der Waals surface area contributed by atoms with Crippen LogP contribution >= 0.6 is 11.8 Å². The monoisotopic (exact) mass is 321 g/mol. The SMILES string of the molecule is CCSC(CC=O)C(=O)N(C)C1=C/C(C)/C=C\C(C)(C)/C=C\1. The number of allylic oxidation sites excluding steroid dienone is 5. The fourth-order valence-electron chi connectivity index (χ4n) is 2.23. The molecule has 0 bridgehead atoms. The maximum atomic E-state index is 12.6. The van der Waals surface area contributed by atoms with Gasteiger partial charge in [-0.05, 0) is 17.7 Å². The van der Waals surface area contributed by atoms with Crippen molar-refractivity contribution in [2.45, 2.75) is 39.4 Å². The first-order valence-electron chi connectivity index (χ1n) is 7.74. The van der Waals surface area contributed by atoms with Gasteiger partial charge in [-0.25, -0.2) is 0 Å². The van der Waals surface area contributed by atoms with E-state index in [0.717, 1.165) is 17.7 Å². The first-order chi connectivity index (χ1) is 10.3. The van der Waals surface area contributed by atoms with Crippen LogP contribution in [-0.2, 0) is 9.59 Å². The standard InChI is InChI=1S/C18H27NO2S/c1-6-22-16(9-12-20)17(21)19(5)15-8-11-18(3,4)10-7-14(2)13-15/h7-8,10-14,16H,6,9H2,1-5H3/b10-7-,11-8-,15-13+. The number of hydrogen-bond acceptors (Lipinski definition) is 3. The van der Waals surface area contributed by atoms with Gasteiger partial charge in [0.2, 0.25) is 5.91 Å². The van der Waals surface area contributed by atoms with Crippen LogP contribution < -0.4 is 0 Å². The molecule has 122 valence electrons. The Hall–Kier alpha value is -1.29. The quantitative estimate of drug-likeness (QED) is 0.551. The molecule has 0 heterocycles. The van der Waals surface area contributed by atoms with Crippen molar-refractivity contribution in [2.24, 2.45) is 11.3 Å². The molecule has 0 saturated carbocycles. The molecule has 0 aliphatic heterocycles. The molecule has 1 aliphatic carbocycles. The van der Waals surface area contributed by atoms with Gasteiger partial charge in [-0.3, -0.25) is 4.79 Å². The third kappa shape index (κ3) is 5.48. The van der Waals surface area contributed by atoms with Crippen LogP contribution in [0.4, 0.5) is 0 Å². The average molecular weight is 321 g/mol. The summed E-state index contributed by atoms with van der Waals surface area (Å²) in [7, 11) is 1.79. The maximum Gasteiger partial charge on any atom is 0.240 e. The number of hydrogen-bond donors (Lipinski definition) is 0. The van der Waals surface area contributed by atoms with Crippen molar-refractivity contribution in [3.63, 3.8) is 0 Å². The highest BCUT2D eigenvalue weighted by molar-refractivity contribution is 8.00. The average Bonchev–Trinajstić information content (AvgIpc) is 2.46. The van der Waals surface area contributed by atoms with Gasteiger partial charge in [0, 0.05) is 24.6 Å². The highest BCUT2D eigenvalue weighted by Crippen LogP contribution is 2.26. The van der Waals surface area contributed by atoms with E-state index in [4.69, 9.17) is 0 Å². The molecule has 2 atom stereocenters. The second-order valence-electron chi connectivity index (χ2n) is 6.21. The van der Waals surface area contributed by atoms with Crippen LogP contribution in [0.2, 0.25) is 0 Å². The molecule has 0 fully saturated rings. The molecule has 0 aromatic heterocycles. The van der Waals surface area contributed by atoms with E-state index in [-0.39, 0.29) is 28.9 Å². The zero-order valence-electron chi connectivity index (χ0n) is 14.2. The molecule has 1 aliphatic rings. The molecule has 0 spiro atoms. The van der Waals surface area contributed by atoms with Gasteiger partial charge in [0.1, 0.15) is 6.29 Å². The van der Waals surface area contributed by atoms with E-state index in [0.29, 0.717) is 0 Å². The smallest absolute Gasteiger partial charge is 0.240 e. The number of amides is 1. The Balaban J connectivity index is 3.00. The van der Waals surface area contributed by atoms with Crippen LogP contribution in [-0.4, -0.2) is 35.1 Å². The lowest BCUT2D eigenvalue weighted by Gasteiger charge is -2.26. The predicted molar refractivity (Wildman–Crippen MR) is 94.7 cm³/mol. The van der Waals surface area contributed by atoms with Crippen molar-refractivity contribution in [3.05, 3.63) is 36.1 Å². The summed E-state index contributed by atoms with van der Waals surface area (Å²) in [6.07, 6.45) is 11.6. The summed E-state index contributed by atoms with van der Waals surface area (Å²) in [5.74, 6) is 1.07. The summed E-state index contributed by atoms with van der Waals surface area (Å²) in [6, 6.07) is 0. The Bertz CT molecular complexity index is 491. The molecular formula is C18H27NO2S. The van der Waals surface area contributed by atoms with Gasteiger partial charge in [0.25, 0.3) is 0 Å². The number of rotatable bonds is 6. The number of nitrogens with zero attached hydrogens (tertiary/aromatic N) is 1. The van der Waals surface area contributed by atoms with E-state index in [2.05, 4.69) is 45.1 Å². The first-order valence-corrected chi connectivity index (χ1v) is 8.79. The Morgan fingerprint density at radius 3 is 2.73 bits per heavy atom. The first kappa shape index (κ1) is 18.8. The van der Waals surface area contributed by atoms with E-state index in [1.165, 1.54) is 11.8 Å². The van der Waals surface area contributed by atoms with E-state index in [1.807, 2.05) is 13.0 Å². The van der Waals surface area contributed by atoms with E-state index in [1.54, 1.807) is 11.9 Å². The third-order valence-electron chi connectivity index (χ3n) is 3.62. The van der Waals surface area contributed by atoms with Crippen molar-refractivity contribution in [1.82, 2.24) is 4.90 Å². The van der Waals surface area contributed by atoms with Crippen molar-refractivity contribution in [3.8, 4) is 0 Å². The van der Waals surface area contributed by atoms with Gasteiger partial charge in [-0.2, -0.15) is 0 Å².